The van der Waals surface area contributed by atoms with Crippen molar-refractivity contribution < 1.29 is 19.6 Å². The fraction of sp³-hybridized carbons (Fsp3) is 0.625. The summed E-state index contributed by atoms with van der Waals surface area (Å²) in [5, 5.41) is 43.5. The van der Waals surface area contributed by atoms with Crippen LogP contribution in [-0.2, 0) is 24.5 Å². The maximum absolute atomic E-state index is 11.9. The zero-order valence-electron chi connectivity index (χ0n) is 25.5. The smallest absolute Gasteiger partial charge is 0.390 e. The molecule has 0 saturated carbocycles. The highest BCUT2D eigenvalue weighted by molar-refractivity contribution is 5.09. The Morgan fingerprint density at radius 2 is 1.17 bits per heavy atom. The lowest BCUT2D eigenvalue weighted by molar-refractivity contribution is -0.397. The molecule has 0 saturated heterocycles. The Labute approximate surface area is 260 Å². The van der Waals surface area contributed by atoms with Crippen LogP contribution in [0.2, 0.25) is 0 Å². The second-order valence-electron chi connectivity index (χ2n) is 11.5. The van der Waals surface area contributed by atoms with Gasteiger partial charge in [-0.1, -0.05) is 25.3 Å². The summed E-state index contributed by atoms with van der Waals surface area (Å²) in [4.78, 5) is 72.7. The Morgan fingerprint density at radius 3 is 1.61 bits per heavy atom. The molecule has 250 valence electrons. The number of hydrogen-bond donors (Lipinski definition) is 2. The number of nitrogens with one attached hydrogen (secondary N) is 2. The molecule has 3 unspecified atom stereocenters. The van der Waals surface area contributed by atoms with E-state index >= 15 is 0 Å². The molecule has 22 heteroatoms. The van der Waals surface area contributed by atoms with Crippen molar-refractivity contribution in [2.24, 2.45) is 10.4 Å². The number of hydroxylamine groups is 1. The van der Waals surface area contributed by atoms with Crippen molar-refractivity contribution in [2.75, 3.05) is 6.54 Å². The molecule has 22 nitrogen and oxygen atoms in total. The Balaban J connectivity index is 1.71. The molecule has 0 aromatic carbocycles. The molecule has 3 aromatic heterocycles. The van der Waals surface area contributed by atoms with Crippen molar-refractivity contribution in [3.63, 3.8) is 0 Å². The first-order valence-electron chi connectivity index (χ1n) is 14.0. The van der Waals surface area contributed by atoms with E-state index < -0.39 is 50.0 Å². The number of hydrogen-bond acceptors (Lipinski definition) is 16. The highest BCUT2D eigenvalue weighted by atomic mass is 16.7. The first-order chi connectivity index (χ1) is 21.7. The van der Waals surface area contributed by atoms with E-state index in [0.717, 1.165) is 0 Å². The fourth-order valence-corrected chi connectivity index (χ4v) is 4.69. The standard InChI is InChI=1S/C24H35N13O9/c1-23(2,18(29-38)5-10-32-12-7-25-20(32)35(40)41)28-15-17(16-34-14-9-27-22(34)37(44)45)46-31-24(3,4)19(30-39)6-11-33-13-8-26-21(33)36(42)43/h7-9,12-14,17-19,28,31H,5-6,10-11,15-16H2,1-4H3. The van der Waals surface area contributed by atoms with Crippen molar-refractivity contribution in [3.05, 3.63) is 77.3 Å². The van der Waals surface area contributed by atoms with Gasteiger partial charge in [-0.15, -0.1) is 0 Å². The van der Waals surface area contributed by atoms with E-state index in [4.69, 9.17) is 4.84 Å². The maximum Gasteiger partial charge on any atom is 0.434 e. The third kappa shape index (κ3) is 8.98. The van der Waals surface area contributed by atoms with Crippen molar-refractivity contribution in [3.8, 4) is 0 Å². The monoisotopic (exact) mass is 649 g/mol. The highest BCUT2D eigenvalue weighted by Crippen LogP contribution is 2.22. The van der Waals surface area contributed by atoms with Gasteiger partial charge in [-0.2, -0.15) is 15.3 Å². The number of aryl methyl sites for hydroxylation is 2. The SMILES string of the molecule is CC(C)(NCC(Cn1ccnc1[N+](=O)[O-])ONC(C)(C)C(CCn1ccnc1[N+](=O)[O-])N=O)C(CCn1ccnc1[N+](=O)[O-])N=O. The Hall–Kier alpha value is -5.09. The summed E-state index contributed by atoms with van der Waals surface area (Å²) in [6, 6.07) is -1.80. The largest absolute Gasteiger partial charge is 0.434 e. The average molecular weight is 650 g/mol. The van der Waals surface area contributed by atoms with Gasteiger partial charge in [0.1, 0.15) is 61.9 Å². The number of rotatable bonds is 21. The Morgan fingerprint density at radius 1 is 0.761 bits per heavy atom. The van der Waals surface area contributed by atoms with E-state index in [1.807, 2.05) is 0 Å². The Kier molecular flexibility index (Phi) is 11.7. The second kappa shape index (κ2) is 15.3. The van der Waals surface area contributed by atoms with Crippen LogP contribution in [0, 0.1) is 40.2 Å². The van der Waals surface area contributed by atoms with Crippen LogP contribution < -0.4 is 10.8 Å². The molecule has 3 heterocycles. The molecule has 0 bridgehead atoms. The first kappa shape index (κ1) is 35.4. The first-order valence-corrected chi connectivity index (χ1v) is 14.0. The van der Waals surface area contributed by atoms with Gasteiger partial charge in [0.05, 0.1) is 18.6 Å². The molecule has 3 rings (SSSR count). The van der Waals surface area contributed by atoms with Gasteiger partial charge in [-0.05, 0) is 42.5 Å². The van der Waals surface area contributed by atoms with Gasteiger partial charge in [0.15, 0.2) is 0 Å². The third-order valence-corrected chi connectivity index (χ3v) is 7.45. The van der Waals surface area contributed by atoms with Crippen LogP contribution in [0.4, 0.5) is 17.8 Å². The van der Waals surface area contributed by atoms with E-state index in [9.17, 15) is 40.2 Å². The predicted molar refractivity (Wildman–Crippen MR) is 159 cm³/mol. The van der Waals surface area contributed by atoms with Crippen molar-refractivity contribution in [1.29, 1.82) is 0 Å². The summed E-state index contributed by atoms with van der Waals surface area (Å²) in [6.45, 7) is 6.78. The fourth-order valence-electron chi connectivity index (χ4n) is 4.69. The maximum atomic E-state index is 11.9. The van der Waals surface area contributed by atoms with E-state index in [2.05, 4.69) is 36.1 Å². The van der Waals surface area contributed by atoms with Gasteiger partial charge in [-0.25, -0.2) is 13.7 Å². The lowest BCUT2D eigenvalue weighted by atomic mass is 9.92. The van der Waals surface area contributed by atoms with Crippen molar-refractivity contribution in [2.45, 2.75) is 89.4 Å². The number of nitroso groups, excluding NO2 is 2. The van der Waals surface area contributed by atoms with Gasteiger partial charge in [0.25, 0.3) is 0 Å². The lowest BCUT2D eigenvalue weighted by Crippen LogP contribution is -2.55. The number of aromatic nitrogens is 6. The van der Waals surface area contributed by atoms with Crippen LogP contribution in [0.3, 0.4) is 0 Å². The second-order valence-corrected chi connectivity index (χ2v) is 11.5. The summed E-state index contributed by atoms with van der Waals surface area (Å²) in [7, 11) is 0. The predicted octanol–water partition coefficient (Wildman–Crippen LogP) is 2.49. The van der Waals surface area contributed by atoms with E-state index in [1.54, 1.807) is 27.7 Å². The van der Waals surface area contributed by atoms with E-state index in [-0.39, 0.29) is 50.9 Å². The van der Waals surface area contributed by atoms with Gasteiger partial charge in [-0.3, -0.25) is 4.84 Å². The van der Waals surface area contributed by atoms with Crippen LogP contribution in [0.15, 0.2) is 47.5 Å². The third-order valence-electron chi connectivity index (χ3n) is 7.45. The minimum absolute atomic E-state index is 0.0169. The molecule has 0 spiro atoms. The number of imidazole rings is 3. The summed E-state index contributed by atoms with van der Waals surface area (Å²) in [5.74, 6) is -1.18. The molecular formula is C24H35N13O9. The average Bonchev–Trinajstić information content (AvgIpc) is 3.76. The zero-order valence-corrected chi connectivity index (χ0v) is 25.5. The van der Waals surface area contributed by atoms with Gasteiger partial charge < -0.3 is 35.7 Å². The molecule has 3 aromatic rings. The molecule has 0 fully saturated rings. The minimum atomic E-state index is -1.11. The molecule has 2 N–H and O–H groups in total. The zero-order chi connectivity index (χ0) is 34.1. The molecule has 0 amide bonds. The molecule has 0 radical (unpaired) electrons. The quantitative estimate of drug-likeness (QED) is 0.0953. The summed E-state index contributed by atoms with van der Waals surface area (Å²) < 4.78 is 3.84. The van der Waals surface area contributed by atoms with Crippen LogP contribution in [0.5, 0.6) is 0 Å². The normalized spacial score (nSPS) is 14.0. The molecule has 0 aliphatic rings. The molecule has 0 aliphatic carbocycles. The molecule has 46 heavy (non-hydrogen) atoms. The number of nitrogens with zero attached hydrogens (tertiary/aromatic N) is 11. The minimum Gasteiger partial charge on any atom is -0.390 e. The van der Waals surface area contributed by atoms with Gasteiger partial charge in [0, 0.05) is 24.9 Å². The Bertz CT molecular complexity index is 1430. The molecular weight excluding hydrogens is 614 g/mol. The van der Waals surface area contributed by atoms with Crippen molar-refractivity contribution in [1.82, 2.24) is 39.5 Å². The topological polar surface area (TPSA) is 275 Å². The summed E-state index contributed by atoms with van der Waals surface area (Å²) >= 11 is 0. The van der Waals surface area contributed by atoms with Crippen molar-refractivity contribution >= 4 is 17.8 Å². The highest BCUT2D eigenvalue weighted by Gasteiger charge is 2.35. The van der Waals surface area contributed by atoms with Gasteiger partial charge in [0.2, 0.25) is 0 Å². The van der Waals surface area contributed by atoms with Gasteiger partial charge >= 0.3 is 17.8 Å². The number of nitro groups is 3. The van der Waals surface area contributed by atoms with Crippen LogP contribution >= 0.6 is 0 Å². The van der Waals surface area contributed by atoms with E-state index in [1.165, 1.54) is 50.9 Å². The van der Waals surface area contributed by atoms with E-state index in [0.29, 0.717) is 0 Å². The van der Waals surface area contributed by atoms with Crippen LogP contribution in [-0.4, -0.2) is 79.2 Å². The lowest BCUT2D eigenvalue weighted by Gasteiger charge is -2.34. The van der Waals surface area contributed by atoms with Crippen LogP contribution in [0.25, 0.3) is 0 Å². The molecule has 3 atom stereocenters. The summed E-state index contributed by atoms with van der Waals surface area (Å²) in [6.07, 6.45) is 7.41. The van der Waals surface area contributed by atoms with Crippen LogP contribution in [0.1, 0.15) is 40.5 Å². The summed E-state index contributed by atoms with van der Waals surface area (Å²) in [5.41, 5.74) is 0.740. The molecule has 0 aliphatic heterocycles.